The number of benzene rings is 1. The number of amides is 2. The molecule has 0 aliphatic carbocycles. The Hall–Kier alpha value is -1.38. The highest BCUT2D eigenvalue weighted by Gasteiger charge is 2.31. The molecule has 1 aliphatic rings. The maximum Gasteiger partial charge on any atom is 0.255 e. The second-order valence-electron chi connectivity index (χ2n) is 5.16. The zero-order valence-electron chi connectivity index (χ0n) is 12.9. The average molecular weight is 379 g/mol. The van der Waals surface area contributed by atoms with Crippen molar-refractivity contribution in [2.24, 2.45) is 0 Å². The highest BCUT2D eigenvalue weighted by molar-refractivity contribution is 8.01. The van der Waals surface area contributed by atoms with E-state index < -0.39 is 24.1 Å². The first kappa shape index (κ1) is 19.0. The molecule has 24 heavy (non-hydrogen) atoms. The number of rotatable bonds is 7. The van der Waals surface area contributed by atoms with Crippen LogP contribution in [-0.2, 0) is 14.3 Å². The van der Waals surface area contributed by atoms with Crippen LogP contribution >= 0.6 is 23.4 Å². The van der Waals surface area contributed by atoms with Crippen LogP contribution in [0.1, 0.15) is 6.42 Å². The molecule has 9 heteroatoms. The highest BCUT2D eigenvalue weighted by Crippen LogP contribution is 2.38. The number of fused-ring (bicyclic) bond motifs is 1. The lowest BCUT2D eigenvalue weighted by atomic mass is 10.2. The molecule has 0 saturated carbocycles. The molecule has 2 amide bonds. The van der Waals surface area contributed by atoms with E-state index in [0.717, 1.165) is 9.80 Å². The van der Waals surface area contributed by atoms with Crippen LogP contribution in [0.2, 0.25) is 5.02 Å². The van der Waals surface area contributed by atoms with E-state index >= 15 is 0 Å². The molecule has 1 unspecified atom stereocenters. The second-order valence-corrected chi connectivity index (χ2v) is 6.84. The number of carbonyl (C=O) groups is 2. The molecule has 1 aromatic carbocycles. The Kier molecular flexibility index (Phi) is 6.82. The molecule has 1 aromatic rings. The predicted molar refractivity (Wildman–Crippen MR) is 88.8 cm³/mol. The summed E-state index contributed by atoms with van der Waals surface area (Å²) in [6.45, 7) is -0.456. The number of thioether (sulfide) groups is 1. The first-order valence-corrected chi connectivity index (χ1v) is 8.48. The van der Waals surface area contributed by atoms with Crippen molar-refractivity contribution in [1.29, 1.82) is 0 Å². The minimum absolute atomic E-state index is 0.0604. The van der Waals surface area contributed by atoms with Crippen molar-refractivity contribution in [3.05, 3.63) is 23.2 Å². The van der Waals surface area contributed by atoms with Gasteiger partial charge >= 0.3 is 0 Å². The number of halogens is 3. The second kappa shape index (κ2) is 8.64. The van der Waals surface area contributed by atoms with E-state index in [1.807, 2.05) is 0 Å². The number of methoxy groups -OCH3 is 1. The Morgan fingerprint density at radius 3 is 2.92 bits per heavy atom. The van der Waals surface area contributed by atoms with Crippen LogP contribution in [0.15, 0.2) is 23.1 Å². The molecule has 0 spiro atoms. The maximum atomic E-state index is 12.6. The summed E-state index contributed by atoms with van der Waals surface area (Å²) in [7, 11) is 1.43. The third kappa shape index (κ3) is 5.06. The van der Waals surface area contributed by atoms with E-state index in [4.69, 9.17) is 16.3 Å². The largest absolute Gasteiger partial charge is 0.383 e. The summed E-state index contributed by atoms with van der Waals surface area (Å²) in [6.07, 6.45) is -2.80. The van der Waals surface area contributed by atoms with Crippen molar-refractivity contribution in [2.75, 3.05) is 32.1 Å². The summed E-state index contributed by atoms with van der Waals surface area (Å²) in [5.74, 6) is -0.843. The normalized spacial score (nSPS) is 16.7. The standard InChI is InChI=1S/C15H17ClF2N2O3S/c1-23-5-4-20(8-13(17)18)14(21)7-12-15(22)19-10-6-9(16)2-3-11(10)24-12/h2-3,6,12-13H,4-5,7-8H2,1H3,(H,19,22). The fourth-order valence-electron chi connectivity index (χ4n) is 2.23. The third-order valence-corrected chi connectivity index (χ3v) is 4.91. The van der Waals surface area contributed by atoms with Crippen LogP contribution in [0.5, 0.6) is 0 Å². The van der Waals surface area contributed by atoms with Gasteiger partial charge in [-0.05, 0) is 18.2 Å². The number of alkyl halides is 2. The molecule has 0 fully saturated rings. The van der Waals surface area contributed by atoms with E-state index in [-0.39, 0.29) is 25.5 Å². The van der Waals surface area contributed by atoms with Gasteiger partial charge in [0.05, 0.1) is 24.1 Å². The van der Waals surface area contributed by atoms with Gasteiger partial charge in [0, 0.05) is 30.0 Å². The molecule has 0 radical (unpaired) electrons. The first-order chi connectivity index (χ1) is 11.4. The van der Waals surface area contributed by atoms with E-state index in [0.29, 0.717) is 10.7 Å². The number of ether oxygens (including phenoxy) is 1. The predicted octanol–water partition coefficient (Wildman–Crippen LogP) is 2.88. The summed E-state index contributed by atoms with van der Waals surface area (Å²) < 4.78 is 30.1. The van der Waals surface area contributed by atoms with Crippen LogP contribution < -0.4 is 5.32 Å². The molecule has 0 aromatic heterocycles. The monoisotopic (exact) mass is 378 g/mol. The van der Waals surface area contributed by atoms with Crippen molar-refractivity contribution >= 4 is 40.9 Å². The lowest BCUT2D eigenvalue weighted by Crippen LogP contribution is -2.41. The smallest absolute Gasteiger partial charge is 0.255 e. The van der Waals surface area contributed by atoms with Gasteiger partial charge in [-0.3, -0.25) is 9.59 Å². The molecule has 1 heterocycles. The number of carbonyl (C=O) groups excluding carboxylic acids is 2. The number of nitrogens with zero attached hydrogens (tertiary/aromatic N) is 1. The van der Waals surface area contributed by atoms with Crippen LogP contribution in [0.3, 0.4) is 0 Å². The molecule has 132 valence electrons. The quantitative estimate of drug-likeness (QED) is 0.792. The van der Waals surface area contributed by atoms with Crippen molar-refractivity contribution in [3.63, 3.8) is 0 Å². The number of anilines is 1. The molecule has 5 nitrogen and oxygen atoms in total. The molecule has 0 bridgehead atoms. The highest BCUT2D eigenvalue weighted by atomic mass is 35.5. The summed E-state index contributed by atoms with van der Waals surface area (Å²) in [5.41, 5.74) is 0.588. The van der Waals surface area contributed by atoms with Crippen molar-refractivity contribution in [1.82, 2.24) is 4.90 Å². The Morgan fingerprint density at radius 1 is 1.50 bits per heavy atom. The minimum atomic E-state index is -2.64. The molecule has 1 N–H and O–H groups in total. The maximum absolute atomic E-state index is 12.6. The van der Waals surface area contributed by atoms with Crippen LogP contribution in [0.4, 0.5) is 14.5 Å². The molecule has 1 aliphatic heterocycles. The number of hydrogen-bond acceptors (Lipinski definition) is 4. The third-order valence-electron chi connectivity index (χ3n) is 3.40. The number of hydrogen-bond donors (Lipinski definition) is 1. The lowest BCUT2D eigenvalue weighted by Gasteiger charge is -2.27. The van der Waals surface area contributed by atoms with Gasteiger partial charge in [0.1, 0.15) is 0 Å². The van der Waals surface area contributed by atoms with E-state index in [2.05, 4.69) is 5.32 Å². The van der Waals surface area contributed by atoms with Gasteiger partial charge in [-0.2, -0.15) is 0 Å². The molecular weight excluding hydrogens is 362 g/mol. The summed E-state index contributed by atoms with van der Waals surface area (Å²) in [4.78, 5) is 26.2. The van der Waals surface area contributed by atoms with Gasteiger partial charge in [0.15, 0.2) is 0 Å². The van der Waals surface area contributed by atoms with E-state index in [9.17, 15) is 18.4 Å². The lowest BCUT2D eigenvalue weighted by molar-refractivity contribution is -0.135. The van der Waals surface area contributed by atoms with E-state index in [1.165, 1.54) is 18.9 Å². The van der Waals surface area contributed by atoms with Crippen LogP contribution in [0.25, 0.3) is 0 Å². The molecule has 1 atom stereocenters. The molecule has 2 rings (SSSR count). The van der Waals surface area contributed by atoms with Gasteiger partial charge in [-0.25, -0.2) is 8.78 Å². The van der Waals surface area contributed by atoms with Crippen LogP contribution in [-0.4, -0.2) is 55.2 Å². The summed E-state index contributed by atoms with van der Waals surface area (Å²) >= 11 is 7.10. The Bertz CT molecular complexity index is 618. The van der Waals surface area contributed by atoms with Crippen molar-refractivity contribution < 1.29 is 23.1 Å². The van der Waals surface area contributed by atoms with Crippen LogP contribution in [0, 0.1) is 0 Å². The number of nitrogens with one attached hydrogen (secondary N) is 1. The SMILES string of the molecule is COCCN(CC(F)F)C(=O)CC1Sc2ccc(Cl)cc2NC1=O. The first-order valence-electron chi connectivity index (χ1n) is 7.22. The minimum Gasteiger partial charge on any atom is -0.383 e. The average Bonchev–Trinajstić information content (AvgIpc) is 2.51. The Balaban J connectivity index is 2.04. The van der Waals surface area contributed by atoms with Gasteiger partial charge in [0.2, 0.25) is 11.8 Å². The molecular formula is C15H17ClF2N2O3S. The van der Waals surface area contributed by atoms with Gasteiger partial charge in [-0.15, -0.1) is 11.8 Å². The van der Waals surface area contributed by atoms with Crippen molar-refractivity contribution in [3.8, 4) is 0 Å². The van der Waals surface area contributed by atoms with E-state index in [1.54, 1.807) is 18.2 Å². The summed E-state index contributed by atoms with van der Waals surface area (Å²) in [5, 5.41) is 2.51. The fraction of sp³-hybridized carbons (Fsp3) is 0.467. The Morgan fingerprint density at radius 2 is 2.25 bits per heavy atom. The van der Waals surface area contributed by atoms with Gasteiger partial charge in [0.25, 0.3) is 6.43 Å². The van der Waals surface area contributed by atoms with Crippen molar-refractivity contribution in [2.45, 2.75) is 23.0 Å². The summed E-state index contributed by atoms with van der Waals surface area (Å²) in [6, 6.07) is 5.06. The fourth-order valence-corrected chi connectivity index (χ4v) is 3.48. The Labute approximate surface area is 147 Å². The van der Waals surface area contributed by atoms with Gasteiger partial charge < -0.3 is 15.0 Å². The van der Waals surface area contributed by atoms with Gasteiger partial charge in [-0.1, -0.05) is 11.6 Å². The zero-order valence-corrected chi connectivity index (χ0v) is 14.5. The molecule has 0 saturated heterocycles. The topological polar surface area (TPSA) is 58.6 Å². The zero-order chi connectivity index (χ0) is 17.7.